The molecule has 1 aliphatic heterocycles. The molecule has 242 valence electrons. The minimum atomic E-state index is -0.692. The summed E-state index contributed by atoms with van der Waals surface area (Å²) >= 11 is 0. The van der Waals surface area contributed by atoms with Crippen LogP contribution in [0.4, 0.5) is 10.5 Å². The molecule has 3 aromatic rings. The number of H-pyrrole nitrogens is 1. The second kappa shape index (κ2) is 10.9. The number of nitrogens with zero attached hydrogens (tertiary/aromatic N) is 4. The summed E-state index contributed by atoms with van der Waals surface area (Å²) in [4.78, 5) is 51.2. The van der Waals surface area contributed by atoms with Crippen molar-refractivity contribution in [1.82, 2.24) is 35.8 Å². The van der Waals surface area contributed by atoms with Gasteiger partial charge in [0.2, 0.25) is 5.91 Å². The van der Waals surface area contributed by atoms with E-state index in [1.54, 1.807) is 6.92 Å². The molecule has 1 aromatic carbocycles. The number of fused-ring (bicyclic) bond motifs is 1. The average molecular weight is 627 g/mol. The average Bonchev–Trinajstić information content (AvgIpc) is 4.00. The summed E-state index contributed by atoms with van der Waals surface area (Å²) in [5.41, 5.74) is 3.67. The summed E-state index contributed by atoms with van der Waals surface area (Å²) in [6.45, 7) is 6.55. The smallest absolute Gasteiger partial charge is 0.318 e. The van der Waals surface area contributed by atoms with Gasteiger partial charge in [0.05, 0.1) is 17.3 Å². The maximum atomic E-state index is 14.0. The van der Waals surface area contributed by atoms with E-state index in [9.17, 15) is 14.4 Å². The van der Waals surface area contributed by atoms with Crippen LogP contribution in [0.2, 0.25) is 0 Å². The summed E-state index contributed by atoms with van der Waals surface area (Å²) in [6, 6.07) is 5.35. The van der Waals surface area contributed by atoms with Crippen LogP contribution in [0.3, 0.4) is 0 Å². The number of imidazole rings is 1. The van der Waals surface area contributed by atoms with E-state index in [-0.39, 0.29) is 29.6 Å². The molecule has 4 fully saturated rings. The van der Waals surface area contributed by atoms with Crippen molar-refractivity contribution >= 4 is 23.5 Å². The standard InChI is InChI=1S/C34H42N8O4/c1-17(2)25-16-42(33(45)37-25)34(26-15-35-30(38-26)21-8-9-21)13-22-10-11-24(12-23(22)14-34)36-32(44)29(27(19-4-5-19)20-6-7-20)39-31(43)28-18(3)40-46-41-28/h10-12,15,17,19-21,25,27,29H,4-9,13-14,16H2,1-3H3,(H,35,38)(H,36,44)(H,37,45)(H,39,43)/t25-,29-,34?/m0/s1. The van der Waals surface area contributed by atoms with Crippen molar-refractivity contribution in [3.63, 3.8) is 0 Å². The van der Waals surface area contributed by atoms with Crippen LogP contribution in [0.15, 0.2) is 29.0 Å². The first-order valence-corrected chi connectivity index (χ1v) is 16.9. The molecule has 8 rings (SSSR count). The van der Waals surface area contributed by atoms with Gasteiger partial charge in [-0.25, -0.2) is 14.4 Å². The molecule has 46 heavy (non-hydrogen) atoms. The van der Waals surface area contributed by atoms with Gasteiger partial charge in [-0.3, -0.25) is 9.59 Å². The van der Waals surface area contributed by atoms with E-state index < -0.39 is 17.5 Å². The van der Waals surface area contributed by atoms with E-state index in [2.05, 4.69) is 51.2 Å². The number of nitrogens with one attached hydrogen (secondary N) is 4. The van der Waals surface area contributed by atoms with Crippen molar-refractivity contribution < 1.29 is 19.0 Å². The second-order valence-electron chi connectivity index (χ2n) is 14.6. The van der Waals surface area contributed by atoms with E-state index in [1.165, 1.54) is 0 Å². The molecule has 0 spiro atoms. The van der Waals surface area contributed by atoms with E-state index >= 15 is 0 Å². The molecule has 0 radical (unpaired) electrons. The Labute approximate surface area is 267 Å². The van der Waals surface area contributed by atoms with Crippen LogP contribution < -0.4 is 16.0 Å². The third-order valence-electron chi connectivity index (χ3n) is 10.9. The fourth-order valence-electron chi connectivity index (χ4n) is 7.79. The molecule has 3 saturated carbocycles. The van der Waals surface area contributed by atoms with Gasteiger partial charge in [-0.1, -0.05) is 25.1 Å². The fourth-order valence-corrected chi connectivity index (χ4v) is 7.79. The Morgan fingerprint density at radius 2 is 1.78 bits per heavy atom. The van der Waals surface area contributed by atoms with Gasteiger partial charge in [0.1, 0.15) is 17.6 Å². The molecule has 3 atom stereocenters. The fraction of sp³-hybridized carbons (Fsp3) is 0.588. The molecular weight excluding hydrogens is 584 g/mol. The number of hydrogen-bond acceptors (Lipinski definition) is 7. The van der Waals surface area contributed by atoms with E-state index in [0.717, 1.165) is 61.2 Å². The number of urea groups is 1. The Bertz CT molecular complexity index is 1670. The van der Waals surface area contributed by atoms with E-state index in [4.69, 9.17) is 9.61 Å². The predicted octanol–water partition coefficient (Wildman–Crippen LogP) is 4.20. The van der Waals surface area contributed by atoms with Crippen molar-refractivity contribution in [2.75, 3.05) is 11.9 Å². The topological polar surface area (TPSA) is 158 Å². The van der Waals surface area contributed by atoms with Crippen molar-refractivity contribution in [1.29, 1.82) is 0 Å². The third kappa shape index (κ3) is 5.25. The molecule has 1 unspecified atom stereocenters. The first kappa shape index (κ1) is 29.2. The molecule has 5 aliphatic rings. The van der Waals surface area contributed by atoms with Crippen molar-refractivity contribution in [3.05, 3.63) is 58.4 Å². The lowest BCUT2D eigenvalue weighted by Gasteiger charge is -2.37. The number of aryl methyl sites for hydroxylation is 1. The van der Waals surface area contributed by atoms with Crippen LogP contribution in [0.25, 0.3) is 0 Å². The number of aromatic nitrogens is 4. The van der Waals surface area contributed by atoms with Crippen molar-refractivity contribution in [2.45, 2.75) is 95.7 Å². The lowest BCUT2D eigenvalue weighted by molar-refractivity contribution is -0.119. The third-order valence-corrected chi connectivity index (χ3v) is 10.9. The highest BCUT2D eigenvalue weighted by Crippen LogP contribution is 2.51. The number of rotatable bonds is 11. The van der Waals surface area contributed by atoms with Crippen molar-refractivity contribution in [3.8, 4) is 0 Å². The van der Waals surface area contributed by atoms with Crippen LogP contribution in [-0.2, 0) is 23.2 Å². The summed E-state index contributed by atoms with van der Waals surface area (Å²) in [5.74, 6) is 2.05. The molecule has 2 aromatic heterocycles. The van der Waals surface area contributed by atoms with Gasteiger partial charge in [-0.05, 0) is 97.5 Å². The molecule has 0 bridgehead atoms. The molecule has 3 heterocycles. The zero-order chi connectivity index (χ0) is 31.7. The van der Waals surface area contributed by atoms with Crippen LogP contribution in [-0.4, -0.2) is 61.7 Å². The van der Waals surface area contributed by atoms with Crippen molar-refractivity contribution in [2.24, 2.45) is 23.7 Å². The number of anilines is 1. The highest BCUT2D eigenvalue weighted by atomic mass is 16.6. The predicted molar refractivity (Wildman–Crippen MR) is 168 cm³/mol. The minimum Gasteiger partial charge on any atom is -0.348 e. The number of carbonyl (C=O) groups excluding carboxylic acids is 3. The summed E-state index contributed by atoms with van der Waals surface area (Å²) < 4.78 is 4.76. The quantitative estimate of drug-likeness (QED) is 0.248. The highest BCUT2D eigenvalue weighted by molar-refractivity contribution is 6.01. The van der Waals surface area contributed by atoms with Crippen LogP contribution in [0, 0.1) is 30.6 Å². The van der Waals surface area contributed by atoms with Gasteiger partial charge in [0, 0.05) is 37.2 Å². The van der Waals surface area contributed by atoms with Crippen LogP contribution in [0.1, 0.15) is 97.1 Å². The molecule has 4 N–H and O–H groups in total. The van der Waals surface area contributed by atoms with Crippen LogP contribution in [0.5, 0.6) is 0 Å². The molecule has 1 saturated heterocycles. The number of carbonyl (C=O) groups is 3. The minimum absolute atomic E-state index is 0.0571. The Hall–Kier alpha value is -4.22. The Morgan fingerprint density at radius 3 is 2.41 bits per heavy atom. The van der Waals surface area contributed by atoms with E-state index in [0.29, 0.717) is 54.4 Å². The Balaban J connectivity index is 1.07. The van der Waals surface area contributed by atoms with Gasteiger partial charge in [-0.2, -0.15) is 0 Å². The number of aromatic amines is 1. The summed E-state index contributed by atoms with van der Waals surface area (Å²) in [7, 11) is 0. The summed E-state index contributed by atoms with van der Waals surface area (Å²) in [6.07, 6.45) is 9.82. The second-order valence-corrected chi connectivity index (χ2v) is 14.6. The van der Waals surface area contributed by atoms with Gasteiger partial charge in [0.25, 0.3) is 5.91 Å². The maximum absolute atomic E-state index is 14.0. The summed E-state index contributed by atoms with van der Waals surface area (Å²) in [5, 5.41) is 16.9. The Kier molecular flexibility index (Phi) is 6.95. The molecule has 4 aliphatic carbocycles. The Morgan fingerprint density at radius 1 is 1.04 bits per heavy atom. The molecule has 12 nitrogen and oxygen atoms in total. The lowest BCUT2D eigenvalue weighted by atomic mass is 9.88. The largest absolute Gasteiger partial charge is 0.348 e. The zero-order valence-corrected chi connectivity index (χ0v) is 26.6. The highest BCUT2D eigenvalue weighted by Gasteiger charge is 2.52. The first-order valence-electron chi connectivity index (χ1n) is 16.9. The van der Waals surface area contributed by atoms with Crippen LogP contribution >= 0.6 is 0 Å². The monoisotopic (exact) mass is 626 g/mol. The van der Waals surface area contributed by atoms with Gasteiger partial charge < -0.3 is 25.8 Å². The SMILES string of the molecule is Cc1nonc1C(=O)N[C@H](C(=O)Nc1ccc2c(c1)CC(c1c[nH]c(C3CC3)n1)(N1C[C@@H](C(C)C)NC1=O)C2)C(C1CC1)C1CC1. The number of benzene rings is 1. The molecule has 12 heteroatoms. The zero-order valence-electron chi connectivity index (χ0n) is 26.6. The number of hydrogen-bond donors (Lipinski definition) is 4. The molecule has 4 amide bonds. The van der Waals surface area contributed by atoms with Gasteiger partial charge in [0.15, 0.2) is 5.69 Å². The van der Waals surface area contributed by atoms with Gasteiger partial charge >= 0.3 is 6.03 Å². The lowest BCUT2D eigenvalue weighted by Crippen LogP contribution is -2.50. The van der Waals surface area contributed by atoms with Gasteiger partial charge in [-0.15, -0.1) is 0 Å². The number of amides is 4. The first-order chi connectivity index (χ1) is 22.2. The molecular formula is C34H42N8O4. The normalized spacial score (nSPS) is 24.8. The maximum Gasteiger partial charge on any atom is 0.318 e. The van der Waals surface area contributed by atoms with E-state index in [1.807, 2.05) is 23.2 Å².